The van der Waals surface area contributed by atoms with Gasteiger partial charge in [0, 0.05) is 12.1 Å². The van der Waals surface area contributed by atoms with Gasteiger partial charge in [0.05, 0.1) is 0 Å². The summed E-state index contributed by atoms with van der Waals surface area (Å²) in [5, 5.41) is 0. The molecule has 0 bridgehead atoms. The minimum Gasteiger partial charge on any atom is -0.208 e. The summed E-state index contributed by atoms with van der Waals surface area (Å²) < 4.78 is 2.00. The first-order chi connectivity index (χ1) is 3.39. The van der Waals surface area contributed by atoms with Crippen LogP contribution in [0.3, 0.4) is 0 Å². The van der Waals surface area contributed by atoms with E-state index >= 15 is 0 Å². The van der Waals surface area contributed by atoms with E-state index in [1.165, 1.54) is 0 Å². The maximum atomic E-state index is 2.00. The van der Waals surface area contributed by atoms with Crippen LogP contribution in [0.15, 0.2) is 30.6 Å². The fourth-order valence-corrected chi connectivity index (χ4v) is 0.485. The van der Waals surface area contributed by atoms with Gasteiger partial charge in [0.25, 0.3) is 0 Å². The number of hydrogen-bond donors (Lipinski definition) is 0. The zero-order chi connectivity index (χ0) is 5.11. The van der Waals surface area contributed by atoms with Crippen molar-refractivity contribution >= 4 is 0 Å². The molecule has 0 saturated carbocycles. The number of aromatic nitrogens is 1. The summed E-state index contributed by atoms with van der Waals surface area (Å²) in [6.07, 6.45) is 4.00. The highest BCUT2D eigenvalue weighted by Gasteiger charge is 1.78. The molecule has 0 fully saturated rings. The number of hydrogen-bond acceptors (Lipinski definition) is 0. The van der Waals surface area contributed by atoms with Crippen LogP contribution in [0.2, 0.25) is 0 Å². The Bertz CT molecular complexity index is 134. The summed E-state index contributed by atoms with van der Waals surface area (Å²) in [4.78, 5) is 0. The van der Waals surface area contributed by atoms with Gasteiger partial charge in [0.15, 0.2) is 12.4 Å². The summed E-state index contributed by atoms with van der Waals surface area (Å²) in [6, 6.07) is 6.00. The van der Waals surface area contributed by atoms with E-state index in [0.29, 0.717) is 0 Å². The maximum Gasteiger partial charge on any atom is 0.168 e. The highest BCUT2D eigenvalue weighted by molar-refractivity contribution is 4.83. The smallest absolute Gasteiger partial charge is 0.168 e. The van der Waals surface area contributed by atoms with Crippen LogP contribution < -0.4 is 4.57 Å². The van der Waals surface area contributed by atoms with Crippen molar-refractivity contribution in [1.29, 1.82) is 0 Å². The van der Waals surface area contributed by atoms with Crippen molar-refractivity contribution in [1.82, 2.24) is 0 Å². The van der Waals surface area contributed by atoms with Crippen LogP contribution in [0.25, 0.3) is 0 Å². The molecule has 52 valence electrons. The lowest BCUT2D eigenvalue weighted by Crippen LogP contribution is -2.25. The van der Waals surface area contributed by atoms with Crippen molar-refractivity contribution in [3.63, 3.8) is 0 Å². The van der Waals surface area contributed by atoms with Gasteiger partial charge >= 0.3 is 0 Å². The van der Waals surface area contributed by atoms with Gasteiger partial charge < -0.3 is 0 Å². The van der Waals surface area contributed by atoms with Crippen LogP contribution in [-0.4, -0.2) is 0 Å². The molecular formula is C8H16N+. The molecule has 0 aliphatic heterocycles. The zero-order valence-corrected chi connectivity index (χ0v) is 4.33. The second-order valence-electron chi connectivity index (χ2n) is 1.54. The third-order valence-corrected chi connectivity index (χ3v) is 0.865. The molecule has 9 heavy (non-hydrogen) atoms. The Morgan fingerprint density at radius 2 is 1.33 bits per heavy atom. The molecule has 0 aliphatic carbocycles. The first-order valence-corrected chi connectivity index (χ1v) is 2.30. The Morgan fingerprint density at radius 1 is 0.889 bits per heavy atom. The van der Waals surface area contributed by atoms with E-state index in [4.69, 9.17) is 0 Å². The van der Waals surface area contributed by atoms with Crippen LogP contribution in [0, 0.1) is 0 Å². The predicted octanol–water partition coefficient (Wildman–Crippen LogP) is 1.78. The highest BCUT2D eigenvalue weighted by Crippen LogP contribution is 1.71. The van der Waals surface area contributed by atoms with Crippen molar-refractivity contribution in [3.8, 4) is 0 Å². The summed E-state index contributed by atoms with van der Waals surface area (Å²) in [7, 11) is 2.00. The maximum absolute atomic E-state index is 2.00. The molecule has 0 aromatic carbocycles. The monoisotopic (exact) mass is 126 g/mol. The van der Waals surface area contributed by atoms with E-state index < -0.39 is 0 Å². The molecule has 0 amide bonds. The largest absolute Gasteiger partial charge is 0.208 e. The normalized spacial score (nSPS) is 6.78. The minimum atomic E-state index is 0. The summed E-state index contributed by atoms with van der Waals surface area (Å²) >= 11 is 0. The molecule has 1 aromatic heterocycles. The van der Waals surface area contributed by atoms with E-state index in [1.54, 1.807) is 0 Å². The molecule has 1 heteroatoms. The summed E-state index contributed by atoms with van der Waals surface area (Å²) in [5.74, 6) is 0. The van der Waals surface area contributed by atoms with Gasteiger partial charge in [-0.05, 0) is 0 Å². The lowest BCUT2D eigenvalue weighted by molar-refractivity contribution is -0.671. The molecule has 0 unspecified atom stereocenters. The van der Waals surface area contributed by atoms with E-state index in [1.807, 2.05) is 42.2 Å². The van der Waals surface area contributed by atoms with Gasteiger partial charge in [-0.1, -0.05) is 20.9 Å². The van der Waals surface area contributed by atoms with Crippen LogP contribution >= 0.6 is 0 Å². The quantitative estimate of drug-likeness (QED) is 0.466. The molecule has 0 spiro atoms. The average Bonchev–Trinajstić information content (AvgIpc) is 1.69. The Kier molecular flexibility index (Phi) is 6.47. The number of pyridine rings is 1. The Hall–Kier alpha value is -0.850. The molecule has 0 aliphatic rings. The molecule has 1 rings (SSSR count). The van der Waals surface area contributed by atoms with Gasteiger partial charge in [-0.2, -0.15) is 0 Å². The third-order valence-electron chi connectivity index (χ3n) is 0.865. The zero-order valence-electron chi connectivity index (χ0n) is 4.33. The topological polar surface area (TPSA) is 3.88 Å². The van der Waals surface area contributed by atoms with Crippen LogP contribution in [0.5, 0.6) is 0 Å². The van der Waals surface area contributed by atoms with Crippen LogP contribution in [0.1, 0.15) is 14.9 Å². The van der Waals surface area contributed by atoms with Crippen LogP contribution in [0.4, 0.5) is 0 Å². The van der Waals surface area contributed by atoms with Crippen molar-refractivity contribution in [3.05, 3.63) is 30.6 Å². The second-order valence-corrected chi connectivity index (χ2v) is 1.54. The number of aryl methyl sites for hydroxylation is 1. The van der Waals surface area contributed by atoms with Gasteiger partial charge in [0.2, 0.25) is 0 Å². The van der Waals surface area contributed by atoms with Crippen molar-refractivity contribution in [2.75, 3.05) is 0 Å². The van der Waals surface area contributed by atoms with E-state index in [-0.39, 0.29) is 14.9 Å². The van der Waals surface area contributed by atoms with Gasteiger partial charge in [-0.15, -0.1) is 0 Å². The molecule has 0 radical (unpaired) electrons. The fourth-order valence-electron chi connectivity index (χ4n) is 0.485. The van der Waals surface area contributed by atoms with E-state index in [2.05, 4.69) is 0 Å². The highest BCUT2D eigenvalue weighted by atomic mass is 14.9. The van der Waals surface area contributed by atoms with E-state index in [0.717, 1.165) is 0 Å². The molecular weight excluding hydrogens is 110 g/mol. The molecule has 0 atom stereocenters. The first-order valence-electron chi connectivity index (χ1n) is 2.30. The minimum absolute atomic E-state index is 0. The number of nitrogens with zero attached hydrogens (tertiary/aromatic N) is 1. The number of rotatable bonds is 0. The van der Waals surface area contributed by atoms with E-state index in [9.17, 15) is 0 Å². The fraction of sp³-hybridized carbons (Fsp3) is 0.375. The molecule has 0 saturated heterocycles. The van der Waals surface area contributed by atoms with Crippen molar-refractivity contribution in [2.24, 2.45) is 7.05 Å². The lowest BCUT2D eigenvalue weighted by atomic mass is 10.5. The molecule has 1 nitrogen and oxygen atoms in total. The SMILES string of the molecule is C.C.C[n+]1ccccc1. The first kappa shape index (κ1) is 11.0. The molecule has 0 N–H and O–H groups in total. The summed E-state index contributed by atoms with van der Waals surface area (Å²) in [5.41, 5.74) is 0. The van der Waals surface area contributed by atoms with Gasteiger partial charge in [-0.25, -0.2) is 4.57 Å². The second kappa shape index (κ2) is 5.29. The average molecular weight is 126 g/mol. The van der Waals surface area contributed by atoms with Crippen LogP contribution in [-0.2, 0) is 7.05 Å². The Balaban J connectivity index is 0. The van der Waals surface area contributed by atoms with Gasteiger partial charge in [0.1, 0.15) is 7.05 Å². The predicted molar refractivity (Wildman–Crippen MR) is 41.1 cm³/mol. The summed E-state index contributed by atoms with van der Waals surface area (Å²) in [6.45, 7) is 0. The Labute approximate surface area is 58.0 Å². The molecule has 1 heterocycles. The lowest BCUT2D eigenvalue weighted by Gasteiger charge is -1.77. The standard InChI is InChI=1S/C6H8N.2CH4/c1-7-5-3-2-4-6-7;;/h2-6H,1H3;2*1H4/q+1;;. The molecule has 1 aromatic rings. The Morgan fingerprint density at radius 3 is 1.56 bits per heavy atom. The van der Waals surface area contributed by atoms with Crippen molar-refractivity contribution in [2.45, 2.75) is 14.9 Å². The van der Waals surface area contributed by atoms with Gasteiger partial charge in [-0.3, -0.25) is 0 Å². The third kappa shape index (κ3) is 3.71. The van der Waals surface area contributed by atoms with Crippen molar-refractivity contribution < 1.29 is 4.57 Å².